The molecule has 1 atom stereocenters. The lowest BCUT2D eigenvalue weighted by atomic mass is 10.0. The van der Waals surface area contributed by atoms with E-state index >= 15 is 0 Å². The molecule has 0 bridgehead atoms. The molecule has 1 aromatic carbocycles. The third-order valence-corrected chi connectivity index (χ3v) is 6.89. The van der Waals surface area contributed by atoms with Crippen LogP contribution in [0.1, 0.15) is 65.5 Å². The molecule has 188 valence electrons. The van der Waals surface area contributed by atoms with Gasteiger partial charge >= 0.3 is 0 Å². The van der Waals surface area contributed by atoms with Gasteiger partial charge in [-0.25, -0.2) is 4.98 Å². The summed E-state index contributed by atoms with van der Waals surface area (Å²) in [7, 11) is 4.32. The Hall–Kier alpha value is -2.54. The van der Waals surface area contributed by atoms with E-state index in [2.05, 4.69) is 60.2 Å². The Kier molecular flexibility index (Phi) is 9.39. The number of ether oxygens (including phenoxy) is 1. The smallest absolute Gasteiger partial charge is 0.274 e. The van der Waals surface area contributed by atoms with Gasteiger partial charge in [0.25, 0.3) is 5.56 Å². The van der Waals surface area contributed by atoms with Crippen molar-refractivity contribution in [2.45, 2.75) is 78.3 Å². The second-order valence-corrected chi connectivity index (χ2v) is 9.42. The highest BCUT2D eigenvalue weighted by molar-refractivity contribution is 5.70. The summed E-state index contributed by atoms with van der Waals surface area (Å²) in [4.78, 5) is 25.7. The summed E-state index contributed by atoms with van der Waals surface area (Å²) >= 11 is 0. The third-order valence-electron chi connectivity index (χ3n) is 6.89. The van der Waals surface area contributed by atoms with Crippen LogP contribution in [0.25, 0.3) is 11.4 Å². The van der Waals surface area contributed by atoms with Crippen LogP contribution < -0.4 is 20.5 Å². The maximum absolute atomic E-state index is 13.1. The minimum Gasteiger partial charge on any atom is -0.493 e. The molecule has 0 radical (unpaired) electrons. The summed E-state index contributed by atoms with van der Waals surface area (Å²) < 4.78 is 6.03. The monoisotopic (exact) mass is 469 g/mol. The quantitative estimate of drug-likeness (QED) is 0.487. The molecule has 1 aliphatic heterocycles. The SMILES string of the molecule is CCC[C@H](CC)Nc1c(CC)nc(-c2ccc(N3CCC(N(C)C)CC3)cc2OCC)[nH]c1=O. The molecular weight excluding hydrogens is 426 g/mol. The molecule has 3 rings (SSSR count). The zero-order chi connectivity index (χ0) is 24.7. The molecule has 0 unspecified atom stereocenters. The second-order valence-electron chi connectivity index (χ2n) is 9.42. The molecule has 2 aromatic rings. The first-order chi connectivity index (χ1) is 16.4. The molecule has 2 heterocycles. The highest BCUT2D eigenvalue weighted by Crippen LogP contribution is 2.33. The Balaban J connectivity index is 1.91. The van der Waals surface area contributed by atoms with Gasteiger partial charge < -0.3 is 24.8 Å². The zero-order valence-corrected chi connectivity index (χ0v) is 21.9. The average Bonchev–Trinajstić information content (AvgIpc) is 2.84. The van der Waals surface area contributed by atoms with Crippen LogP contribution in [-0.2, 0) is 6.42 Å². The lowest BCUT2D eigenvalue weighted by Gasteiger charge is -2.36. The van der Waals surface area contributed by atoms with Gasteiger partial charge in [0.1, 0.15) is 17.3 Å². The highest BCUT2D eigenvalue weighted by atomic mass is 16.5. The van der Waals surface area contributed by atoms with Gasteiger partial charge in [0.15, 0.2) is 0 Å². The van der Waals surface area contributed by atoms with E-state index in [1.54, 1.807) is 0 Å². The fraction of sp³-hybridized carbons (Fsp3) is 0.630. The molecule has 1 aromatic heterocycles. The van der Waals surface area contributed by atoms with Gasteiger partial charge in [-0.2, -0.15) is 0 Å². The predicted molar refractivity (Wildman–Crippen MR) is 142 cm³/mol. The van der Waals surface area contributed by atoms with Gasteiger partial charge in [0.05, 0.1) is 17.9 Å². The fourth-order valence-electron chi connectivity index (χ4n) is 4.80. The first-order valence-electron chi connectivity index (χ1n) is 13.0. The molecule has 7 heteroatoms. The number of H-pyrrole nitrogens is 1. The Morgan fingerprint density at radius 2 is 1.94 bits per heavy atom. The summed E-state index contributed by atoms with van der Waals surface area (Å²) in [6.07, 6.45) is 6.07. The summed E-state index contributed by atoms with van der Waals surface area (Å²) in [5, 5.41) is 3.45. The number of rotatable bonds is 11. The zero-order valence-electron chi connectivity index (χ0n) is 21.9. The summed E-state index contributed by atoms with van der Waals surface area (Å²) in [5.41, 5.74) is 3.27. The predicted octanol–water partition coefficient (Wildman–Crippen LogP) is 4.92. The minimum atomic E-state index is -0.117. The Bertz CT molecular complexity index is 979. The molecular formula is C27H43N5O2. The van der Waals surface area contributed by atoms with E-state index in [0.717, 1.165) is 67.9 Å². The van der Waals surface area contributed by atoms with Crippen molar-refractivity contribution >= 4 is 11.4 Å². The number of aryl methyl sites for hydroxylation is 1. The molecule has 7 nitrogen and oxygen atoms in total. The van der Waals surface area contributed by atoms with Crippen LogP contribution in [0.2, 0.25) is 0 Å². The Labute approximate surface area is 204 Å². The Morgan fingerprint density at radius 3 is 2.53 bits per heavy atom. The second kappa shape index (κ2) is 12.2. The number of aromatic nitrogens is 2. The van der Waals surface area contributed by atoms with Crippen molar-refractivity contribution in [2.24, 2.45) is 0 Å². The molecule has 0 saturated carbocycles. The van der Waals surface area contributed by atoms with Gasteiger partial charge in [-0.3, -0.25) is 4.79 Å². The molecule has 2 N–H and O–H groups in total. The van der Waals surface area contributed by atoms with E-state index in [1.165, 1.54) is 0 Å². The molecule has 1 aliphatic rings. The van der Waals surface area contributed by atoms with Gasteiger partial charge in [0.2, 0.25) is 0 Å². The molecule has 0 spiro atoms. The van der Waals surface area contributed by atoms with Crippen LogP contribution >= 0.6 is 0 Å². The van der Waals surface area contributed by atoms with Gasteiger partial charge in [-0.15, -0.1) is 0 Å². The summed E-state index contributed by atoms with van der Waals surface area (Å²) in [5.74, 6) is 1.33. The number of aromatic amines is 1. The summed E-state index contributed by atoms with van der Waals surface area (Å²) in [6.45, 7) is 10.9. The minimum absolute atomic E-state index is 0.117. The van der Waals surface area contributed by atoms with Gasteiger partial charge in [-0.05, 0) is 65.3 Å². The number of nitrogens with zero attached hydrogens (tertiary/aromatic N) is 3. The Morgan fingerprint density at radius 1 is 1.21 bits per heavy atom. The van der Waals surface area contributed by atoms with Crippen molar-refractivity contribution in [2.75, 3.05) is 44.0 Å². The van der Waals surface area contributed by atoms with Gasteiger partial charge in [0, 0.05) is 36.9 Å². The third kappa shape index (κ3) is 6.12. The highest BCUT2D eigenvalue weighted by Gasteiger charge is 2.22. The van der Waals surface area contributed by atoms with Crippen LogP contribution in [0.5, 0.6) is 5.75 Å². The van der Waals surface area contributed by atoms with E-state index in [4.69, 9.17) is 9.72 Å². The fourth-order valence-corrected chi connectivity index (χ4v) is 4.80. The molecule has 0 aliphatic carbocycles. The number of anilines is 2. The number of nitrogens with one attached hydrogen (secondary N) is 2. The summed E-state index contributed by atoms with van der Waals surface area (Å²) in [6, 6.07) is 7.18. The van der Waals surface area contributed by atoms with Crippen molar-refractivity contribution in [1.82, 2.24) is 14.9 Å². The molecule has 1 fully saturated rings. The molecule has 34 heavy (non-hydrogen) atoms. The van der Waals surface area contributed by atoms with Crippen LogP contribution in [0.15, 0.2) is 23.0 Å². The van der Waals surface area contributed by atoms with E-state index in [0.29, 0.717) is 30.6 Å². The van der Waals surface area contributed by atoms with Crippen LogP contribution in [-0.4, -0.2) is 60.7 Å². The van der Waals surface area contributed by atoms with E-state index in [9.17, 15) is 4.79 Å². The lowest BCUT2D eigenvalue weighted by molar-refractivity contribution is 0.249. The standard InChI is InChI=1S/C27H43N5O2/c1-7-11-19(8-2)28-25-23(9-3)29-26(30-27(25)33)22-13-12-21(18-24(22)34-10-4)32-16-14-20(15-17-32)31(5)6/h12-13,18-20,28H,7-11,14-17H2,1-6H3,(H,29,30,33)/t19-/m0/s1. The normalized spacial score (nSPS) is 15.6. The largest absolute Gasteiger partial charge is 0.493 e. The van der Waals surface area contributed by atoms with Gasteiger partial charge in [-0.1, -0.05) is 27.2 Å². The van der Waals surface area contributed by atoms with E-state index in [1.807, 2.05) is 19.9 Å². The first-order valence-corrected chi connectivity index (χ1v) is 13.0. The van der Waals surface area contributed by atoms with Crippen molar-refractivity contribution in [3.8, 4) is 17.1 Å². The topological polar surface area (TPSA) is 73.5 Å². The van der Waals surface area contributed by atoms with Crippen LogP contribution in [0.4, 0.5) is 11.4 Å². The van der Waals surface area contributed by atoms with Crippen molar-refractivity contribution in [3.05, 3.63) is 34.2 Å². The average molecular weight is 470 g/mol. The van der Waals surface area contributed by atoms with Crippen LogP contribution in [0, 0.1) is 0 Å². The molecule has 0 amide bonds. The van der Waals surface area contributed by atoms with Crippen molar-refractivity contribution in [1.29, 1.82) is 0 Å². The van der Waals surface area contributed by atoms with Crippen molar-refractivity contribution < 1.29 is 4.74 Å². The number of hydrogen-bond acceptors (Lipinski definition) is 6. The van der Waals surface area contributed by atoms with E-state index < -0.39 is 0 Å². The van der Waals surface area contributed by atoms with Crippen molar-refractivity contribution in [3.63, 3.8) is 0 Å². The molecule has 1 saturated heterocycles. The maximum Gasteiger partial charge on any atom is 0.274 e. The first kappa shape index (κ1) is 26.1. The maximum atomic E-state index is 13.1. The number of benzene rings is 1. The van der Waals surface area contributed by atoms with Crippen LogP contribution in [0.3, 0.4) is 0 Å². The lowest BCUT2D eigenvalue weighted by Crippen LogP contribution is -2.41. The number of piperidine rings is 1. The number of hydrogen-bond donors (Lipinski definition) is 2. The van der Waals surface area contributed by atoms with E-state index in [-0.39, 0.29) is 11.6 Å².